The number of methoxy groups -OCH3 is 2. The van der Waals surface area contributed by atoms with E-state index in [0.717, 1.165) is 18.2 Å². The lowest BCUT2D eigenvalue weighted by Gasteiger charge is -2.12. The van der Waals surface area contributed by atoms with E-state index in [4.69, 9.17) is 9.47 Å². The first-order valence-electron chi connectivity index (χ1n) is 8.68. The fourth-order valence-corrected chi connectivity index (χ4v) is 3.38. The average Bonchev–Trinajstić information content (AvgIpc) is 3.11. The summed E-state index contributed by atoms with van der Waals surface area (Å²) in [5.41, 5.74) is 1.11. The Morgan fingerprint density at radius 1 is 1.16 bits per heavy atom. The van der Waals surface area contributed by atoms with Crippen molar-refractivity contribution in [3.63, 3.8) is 0 Å². The van der Waals surface area contributed by atoms with Gasteiger partial charge >= 0.3 is 0 Å². The molecule has 0 aliphatic heterocycles. The van der Waals surface area contributed by atoms with Crippen LogP contribution < -0.4 is 20.3 Å². The molecule has 25 heavy (non-hydrogen) atoms. The molecule has 1 aliphatic carbocycles. The fourth-order valence-electron chi connectivity index (χ4n) is 3.38. The lowest BCUT2D eigenvalue weighted by Crippen LogP contribution is -2.33. The van der Waals surface area contributed by atoms with Crippen LogP contribution in [0.5, 0.6) is 11.5 Å². The number of fused-ring (bicyclic) bond motifs is 1. The van der Waals surface area contributed by atoms with E-state index in [-0.39, 0.29) is 11.5 Å². The molecule has 0 atom stereocenters. The van der Waals surface area contributed by atoms with E-state index in [1.54, 1.807) is 20.3 Å². The van der Waals surface area contributed by atoms with Crippen molar-refractivity contribution in [1.29, 1.82) is 0 Å². The second-order valence-corrected chi connectivity index (χ2v) is 6.47. The van der Waals surface area contributed by atoms with Gasteiger partial charge < -0.3 is 19.8 Å². The molecule has 2 aromatic rings. The van der Waals surface area contributed by atoms with Crippen LogP contribution in [0.1, 0.15) is 37.7 Å². The molecule has 6 heteroatoms. The number of rotatable bonds is 6. The van der Waals surface area contributed by atoms with Gasteiger partial charge in [-0.15, -0.1) is 0 Å². The maximum absolute atomic E-state index is 12.3. The summed E-state index contributed by atoms with van der Waals surface area (Å²) in [7, 11) is 3.13. The second kappa shape index (κ2) is 7.59. The summed E-state index contributed by atoms with van der Waals surface area (Å²) in [6.45, 7) is 0. The zero-order valence-corrected chi connectivity index (χ0v) is 14.7. The zero-order valence-electron chi connectivity index (χ0n) is 14.7. The minimum atomic E-state index is -0.173. The Labute approximate surface area is 146 Å². The smallest absolute Gasteiger partial charge is 0.251 e. The number of benzene rings is 1. The summed E-state index contributed by atoms with van der Waals surface area (Å²) in [6, 6.07) is 5.69. The monoisotopic (exact) mass is 344 g/mol. The van der Waals surface area contributed by atoms with Gasteiger partial charge in [0.1, 0.15) is 0 Å². The third-order valence-electron chi connectivity index (χ3n) is 4.77. The predicted octanol–water partition coefficient (Wildman–Crippen LogP) is 2.54. The highest BCUT2D eigenvalue weighted by molar-refractivity contribution is 5.83. The van der Waals surface area contributed by atoms with Crippen molar-refractivity contribution in [3.05, 3.63) is 34.1 Å². The summed E-state index contributed by atoms with van der Waals surface area (Å²) >= 11 is 0. The molecule has 0 bridgehead atoms. The first-order valence-corrected chi connectivity index (χ1v) is 8.68. The van der Waals surface area contributed by atoms with E-state index in [0.29, 0.717) is 41.5 Å². The van der Waals surface area contributed by atoms with Crippen LogP contribution in [0.15, 0.2) is 23.0 Å². The van der Waals surface area contributed by atoms with Gasteiger partial charge in [0.05, 0.1) is 19.7 Å². The highest BCUT2D eigenvalue weighted by atomic mass is 16.5. The largest absolute Gasteiger partial charge is 0.493 e. The van der Waals surface area contributed by atoms with Crippen molar-refractivity contribution in [3.8, 4) is 11.5 Å². The van der Waals surface area contributed by atoms with E-state index in [1.165, 1.54) is 12.8 Å². The van der Waals surface area contributed by atoms with Crippen molar-refractivity contribution < 1.29 is 14.3 Å². The lowest BCUT2D eigenvalue weighted by molar-refractivity contribution is -0.121. The summed E-state index contributed by atoms with van der Waals surface area (Å²) in [4.78, 5) is 27.2. The Morgan fingerprint density at radius 3 is 2.52 bits per heavy atom. The molecule has 1 fully saturated rings. The van der Waals surface area contributed by atoms with E-state index in [2.05, 4.69) is 10.3 Å². The third kappa shape index (κ3) is 3.95. The van der Waals surface area contributed by atoms with Gasteiger partial charge in [-0.05, 0) is 31.4 Å². The van der Waals surface area contributed by atoms with Gasteiger partial charge in [-0.3, -0.25) is 9.59 Å². The number of aryl methyl sites for hydroxylation is 1. The number of ether oxygens (including phenoxy) is 2. The molecular weight excluding hydrogens is 320 g/mol. The van der Waals surface area contributed by atoms with Crippen molar-refractivity contribution in [2.75, 3.05) is 14.2 Å². The first kappa shape index (κ1) is 17.3. The molecule has 1 aromatic heterocycles. The second-order valence-electron chi connectivity index (χ2n) is 6.47. The number of H-pyrrole nitrogens is 1. The molecule has 1 heterocycles. The number of pyridine rings is 1. The van der Waals surface area contributed by atoms with Crippen molar-refractivity contribution in [2.24, 2.45) is 0 Å². The van der Waals surface area contributed by atoms with E-state index >= 15 is 0 Å². The number of carbonyl (C=O) groups is 1. The van der Waals surface area contributed by atoms with Gasteiger partial charge in [0.2, 0.25) is 5.91 Å². The predicted molar refractivity (Wildman–Crippen MR) is 96.4 cm³/mol. The van der Waals surface area contributed by atoms with E-state index < -0.39 is 0 Å². The van der Waals surface area contributed by atoms with Crippen LogP contribution >= 0.6 is 0 Å². The quantitative estimate of drug-likeness (QED) is 0.844. The number of hydrogen-bond acceptors (Lipinski definition) is 4. The Morgan fingerprint density at radius 2 is 1.84 bits per heavy atom. The van der Waals surface area contributed by atoms with Crippen LogP contribution in [0.25, 0.3) is 10.9 Å². The first-order chi connectivity index (χ1) is 12.1. The molecule has 0 radical (unpaired) electrons. The minimum Gasteiger partial charge on any atom is -0.493 e. The standard InChI is InChI=1S/C19H24N2O4/c1-24-16-10-13-9-12(19(23)21-15(13)11-17(16)25-2)7-8-18(22)20-14-5-3-4-6-14/h9-11,14H,3-8H2,1-2H3,(H,20,22)(H,21,23). The Hall–Kier alpha value is -2.50. The van der Waals surface area contributed by atoms with Gasteiger partial charge in [-0.25, -0.2) is 0 Å². The normalized spacial score (nSPS) is 14.6. The summed E-state index contributed by atoms with van der Waals surface area (Å²) in [5.74, 6) is 1.18. The lowest BCUT2D eigenvalue weighted by atomic mass is 10.1. The number of aromatic amines is 1. The number of nitrogens with one attached hydrogen (secondary N) is 2. The average molecular weight is 344 g/mol. The Balaban J connectivity index is 1.75. The van der Waals surface area contributed by atoms with Crippen LogP contribution in [-0.4, -0.2) is 31.2 Å². The number of carbonyl (C=O) groups excluding carboxylic acids is 1. The van der Waals surface area contributed by atoms with Crippen molar-refractivity contribution >= 4 is 16.8 Å². The summed E-state index contributed by atoms with van der Waals surface area (Å²) in [6.07, 6.45) is 5.21. The van der Waals surface area contributed by atoms with E-state index in [1.807, 2.05) is 12.1 Å². The SMILES string of the molecule is COc1cc2cc(CCC(=O)NC3CCCC3)c(=O)[nH]c2cc1OC. The molecule has 0 saturated heterocycles. The maximum Gasteiger partial charge on any atom is 0.251 e. The van der Waals surface area contributed by atoms with Gasteiger partial charge in [0, 0.05) is 29.5 Å². The molecule has 3 rings (SSSR count). The van der Waals surface area contributed by atoms with Gasteiger partial charge in [0.25, 0.3) is 5.56 Å². The molecule has 1 aromatic carbocycles. The minimum absolute atomic E-state index is 0.0127. The number of amides is 1. The molecule has 0 spiro atoms. The summed E-state index contributed by atoms with van der Waals surface area (Å²) in [5, 5.41) is 3.90. The van der Waals surface area contributed by atoms with Crippen molar-refractivity contribution in [2.45, 2.75) is 44.6 Å². The topological polar surface area (TPSA) is 80.4 Å². The van der Waals surface area contributed by atoms with Gasteiger partial charge in [-0.2, -0.15) is 0 Å². The molecular formula is C19H24N2O4. The van der Waals surface area contributed by atoms with Crippen LogP contribution in [0.3, 0.4) is 0 Å². The zero-order chi connectivity index (χ0) is 17.8. The molecule has 1 aliphatic rings. The molecule has 2 N–H and O–H groups in total. The van der Waals surface area contributed by atoms with Crippen LogP contribution in [0.2, 0.25) is 0 Å². The number of hydrogen-bond donors (Lipinski definition) is 2. The number of aromatic nitrogens is 1. The van der Waals surface area contributed by atoms with Crippen molar-refractivity contribution in [1.82, 2.24) is 10.3 Å². The fraction of sp³-hybridized carbons (Fsp3) is 0.474. The van der Waals surface area contributed by atoms with Crippen LogP contribution in [0.4, 0.5) is 0 Å². The Kier molecular flexibility index (Phi) is 5.26. The maximum atomic E-state index is 12.3. The molecule has 134 valence electrons. The Bertz CT molecular complexity index is 822. The van der Waals surface area contributed by atoms with Gasteiger partial charge in [-0.1, -0.05) is 12.8 Å². The summed E-state index contributed by atoms with van der Waals surface area (Å²) < 4.78 is 10.6. The highest BCUT2D eigenvalue weighted by Gasteiger charge is 2.17. The van der Waals surface area contributed by atoms with E-state index in [9.17, 15) is 9.59 Å². The van der Waals surface area contributed by atoms with Gasteiger partial charge in [0.15, 0.2) is 11.5 Å². The van der Waals surface area contributed by atoms with Crippen LogP contribution in [-0.2, 0) is 11.2 Å². The van der Waals surface area contributed by atoms with Crippen LogP contribution in [0, 0.1) is 0 Å². The third-order valence-corrected chi connectivity index (χ3v) is 4.77. The highest BCUT2D eigenvalue weighted by Crippen LogP contribution is 2.31. The molecule has 1 saturated carbocycles. The molecule has 1 amide bonds. The molecule has 0 unspecified atom stereocenters. The molecule has 6 nitrogen and oxygen atoms in total.